The molecule has 1 atom stereocenters. The Kier molecular flexibility index (Phi) is 4.52. The Labute approximate surface area is 152 Å². The molecule has 0 aliphatic carbocycles. The van der Waals surface area contributed by atoms with Crippen molar-refractivity contribution in [2.24, 2.45) is 0 Å². The number of nitrogens with zero attached hydrogens (tertiary/aromatic N) is 2. The Morgan fingerprint density at radius 1 is 1.28 bits per heavy atom. The standard InChI is InChI=1S/C20H22N2O2S/c1-15-6-2-3-8-18(15)19(23)22-13-20(14-22)10-17(12-25-20)24-11-16-7-4-5-9-21-16/h2-9,17H,10-14H2,1H3. The molecule has 130 valence electrons. The zero-order chi connectivity index (χ0) is 17.3. The molecule has 1 amide bonds. The highest BCUT2D eigenvalue weighted by molar-refractivity contribution is 8.01. The second kappa shape index (κ2) is 6.81. The zero-order valence-electron chi connectivity index (χ0n) is 14.4. The maximum Gasteiger partial charge on any atom is 0.254 e. The molecular weight excluding hydrogens is 332 g/mol. The molecule has 5 heteroatoms. The van der Waals surface area contributed by atoms with Crippen LogP contribution in [0.5, 0.6) is 0 Å². The Hall–Kier alpha value is -1.85. The van der Waals surface area contributed by atoms with Crippen LogP contribution in [0, 0.1) is 6.92 Å². The van der Waals surface area contributed by atoms with Gasteiger partial charge < -0.3 is 9.64 Å². The maximum absolute atomic E-state index is 12.7. The van der Waals surface area contributed by atoms with Gasteiger partial charge in [0.2, 0.25) is 0 Å². The van der Waals surface area contributed by atoms with Gasteiger partial charge in [-0.2, -0.15) is 0 Å². The number of thioether (sulfide) groups is 1. The summed E-state index contributed by atoms with van der Waals surface area (Å²) in [5, 5.41) is 0. The second-order valence-corrected chi connectivity index (χ2v) is 8.42. The summed E-state index contributed by atoms with van der Waals surface area (Å²) < 4.78 is 6.22. The third kappa shape index (κ3) is 3.44. The number of ether oxygens (including phenoxy) is 1. The number of benzene rings is 1. The van der Waals surface area contributed by atoms with Crippen molar-refractivity contribution in [3.63, 3.8) is 0 Å². The summed E-state index contributed by atoms with van der Waals surface area (Å²) in [6.45, 7) is 4.21. The molecular formula is C20H22N2O2S. The fourth-order valence-corrected chi connectivity index (χ4v) is 5.14. The van der Waals surface area contributed by atoms with Gasteiger partial charge in [0, 0.05) is 30.6 Å². The first kappa shape index (κ1) is 16.6. The molecule has 2 aromatic rings. The van der Waals surface area contributed by atoms with Crippen LogP contribution >= 0.6 is 11.8 Å². The highest BCUT2D eigenvalue weighted by Crippen LogP contribution is 2.46. The lowest BCUT2D eigenvalue weighted by Crippen LogP contribution is -2.60. The Morgan fingerprint density at radius 3 is 2.84 bits per heavy atom. The number of rotatable bonds is 4. The molecule has 1 spiro atoms. The minimum Gasteiger partial charge on any atom is -0.371 e. The summed E-state index contributed by atoms with van der Waals surface area (Å²) >= 11 is 1.96. The number of aryl methyl sites for hydroxylation is 1. The number of amides is 1. The van der Waals surface area contributed by atoms with Crippen LogP contribution in [-0.4, -0.2) is 45.5 Å². The molecule has 1 aromatic heterocycles. The van der Waals surface area contributed by atoms with Gasteiger partial charge in [-0.05, 0) is 37.1 Å². The van der Waals surface area contributed by atoms with E-state index in [9.17, 15) is 4.79 Å². The number of carbonyl (C=O) groups excluding carboxylic acids is 1. The van der Waals surface area contributed by atoms with E-state index in [0.717, 1.165) is 42.1 Å². The highest BCUT2D eigenvalue weighted by Gasteiger charge is 2.51. The summed E-state index contributed by atoms with van der Waals surface area (Å²) in [6, 6.07) is 13.7. The molecule has 2 aliphatic rings. The quantitative estimate of drug-likeness (QED) is 0.845. The second-order valence-electron chi connectivity index (χ2n) is 6.93. The van der Waals surface area contributed by atoms with E-state index in [1.807, 2.05) is 66.1 Å². The van der Waals surface area contributed by atoms with Crippen LogP contribution in [0.4, 0.5) is 0 Å². The highest BCUT2D eigenvalue weighted by atomic mass is 32.2. The van der Waals surface area contributed by atoms with Gasteiger partial charge in [0.15, 0.2) is 0 Å². The number of hydrogen-bond donors (Lipinski definition) is 0. The van der Waals surface area contributed by atoms with Gasteiger partial charge in [-0.1, -0.05) is 24.3 Å². The van der Waals surface area contributed by atoms with Crippen LogP contribution in [0.2, 0.25) is 0 Å². The van der Waals surface area contributed by atoms with Crippen molar-refractivity contribution in [3.8, 4) is 0 Å². The summed E-state index contributed by atoms with van der Waals surface area (Å²) in [5.41, 5.74) is 2.84. The average Bonchev–Trinajstić information content (AvgIpc) is 3.04. The first-order valence-corrected chi connectivity index (χ1v) is 9.64. The molecule has 0 N–H and O–H groups in total. The molecule has 1 aromatic carbocycles. The monoisotopic (exact) mass is 354 g/mol. The first-order chi connectivity index (χ1) is 12.2. The smallest absolute Gasteiger partial charge is 0.254 e. The van der Waals surface area contributed by atoms with E-state index in [2.05, 4.69) is 4.98 Å². The van der Waals surface area contributed by atoms with Gasteiger partial charge >= 0.3 is 0 Å². The van der Waals surface area contributed by atoms with Crippen LogP contribution in [0.3, 0.4) is 0 Å². The first-order valence-electron chi connectivity index (χ1n) is 8.66. The lowest BCUT2D eigenvalue weighted by molar-refractivity contribution is 0.0245. The molecule has 2 saturated heterocycles. The Balaban J connectivity index is 1.30. The van der Waals surface area contributed by atoms with Gasteiger partial charge in [0.1, 0.15) is 0 Å². The largest absolute Gasteiger partial charge is 0.371 e. The summed E-state index contributed by atoms with van der Waals surface area (Å²) in [6.07, 6.45) is 3.06. The average molecular weight is 354 g/mol. The lowest BCUT2D eigenvalue weighted by atomic mass is 9.91. The SMILES string of the molecule is Cc1ccccc1C(=O)N1CC2(CC(OCc3ccccn3)CS2)C1. The topological polar surface area (TPSA) is 42.4 Å². The molecule has 0 saturated carbocycles. The van der Waals surface area contributed by atoms with Crippen molar-refractivity contribution >= 4 is 17.7 Å². The number of pyridine rings is 1. The van der Waals surface area contributed by atoms with E-state index < -0.39 is 0 Å². The van der Waals surface area contributed by atoms with Crippen molar-refractivity contribution in [2.75, 3.05) is 18.8 Å². The van der Waals surface area contributed by atoms with Crippen molar-refractivity contribution in [2.45, 2.75) is 30.8 Å². The van der Waals surface area contributed by atoms with E-state index in [4.69, 9.17) is 4.74 Å². The normalized spacial score (nSPS) is 21.3. The van der Waals surface area contributed by atoms with Crippen LogP contribution < -0.4 is 0 Å². The minimum absolute atomic E-state index is 0.155. The van der Waals surface area contributed by atoms with Gasteiger partial charge in [-0.3, -0.25) is 9.78 Å². The summed E-state index contributed by atoms with van der Waals surface area (Å²) in [5.74, 6) is 1.15. The number of carbonyl (C=O) groups is 1. The van der Waals surface area contributed by atoms with Crippen LogP contribution in [0.1, 0.15) is 28.0 Å². The number of likely N-dealkylation sites (tertiary alicyclic amines) is 1. The predicted octanol–water partition coefficient (Wildman–Crippen LogP) is 3.31. The van der Waals surface area contributed by atoms with Crippen LogP contribution in [0.15, 0.2) is 48.7 Å². The summed E-state index contributed by atoms with van der Waals surface area (Å²) in [4.78, 5) is 18.9. The van der Waals surface area contributed by atoms with Gasteiger partial charge in [-0.15, -0.1) is 11.8 Å². The molecule has 25 heavy (non-hydrogen) atoms. The molecule has 1 unspecified atom stereocenters. The molecule has 4 rings (SSSR count). The predicted molar refractivity (Wildman–Crippen MR) is 99.7 cm³/mol. The molecule has 2 fully saturated rings. The maximum atomic E-state index is 12.7. The Bertz CT molecular complexity index is 759. The Morgan fingerprint density at radius 2 is 2.08 bits per heavy atom. The lowest BCUT2D eigenvalue weighted by Gasteiger charge is -2.47. The van der Waals surface area contributed by atoms with E-state index in [1.165, 1.54) is 0 Å². The van der Waals surface area contributed by atoms with Crippen LogP contribution in [-0.2, 0) is 11.3 Å². The zero-order valence-corrected chi connectivity index (χ0v) is 15.2. The van der Waals surface area contributed by atoms with Crippen molar-refractivity contribution in [1.82, 2.24) is 9.88 Å². The molecule has 4 nitrogen and oxygen atoms in total. The van der Waals surface area contributed by atoms with Gasteiger partial charge in [-0.25, -0.2) is 0 Å². The molecule has 2 aliphatic heterocycles. The number of aromatic nitrogens is 1. The molecule has 3 heterocycles. The summed E-state index contributed by atoms with van der Waals surface area (Å²) in [7, 11) is 0. The molecule has 0 radical (unpaired) electrons. The van der Waals surface area contributed by atoms with Crippen molar-refractivity contribution < 1.29 is 9.53 Å². The third-order valence-electron chi connectivity index (χ3n) is 4.99. The van der Waals surface area contributed by atoms with E-state index in [-0.39, 0.29) is 16.8 Å². The third-order valence-corrected chi connectivity index (χ3v) is 6.56. The fourth-order valence-electron chi connectivity index (χ4n) is 3.59. The van der Waals surface area contributed by atoms with Crippen LogP contribution in [0.25, 0.3) is 0 Å². The minimum atomic E-state index is 0.155. The van der Waals surface area contributed by atoms with E-state index in [0.29, 0.717) is 6.61 Å². The van der Waals surface area contributed by atoms with Gasteiger partial charge in [0.25, 0.3) is 5.91 Å². The van der Waals surface area contributed by atoms with Crippen molar-refractivity contribution in [1.29, 1.82) is 0 Å². The van der Waals surface area contributed by atoms with Crippen molar-refractivity contribution in [3.05, 3.63) is 65.5 Å². The molecule has 0 bridgehead atoms. The number of hydrogen-bond acceptors (Lipinski definition) is 4. The van der Waals surface area contributed by atoms with E-state index >= 15 is 0 Å². The van der Waals surface area contributed by atoms with Gasteiger partial charge in [0.05, 0.1) is 23.2 Å². The van der Waals surface area contributed by atoms with E-state index in [1.54, 1.807) is 6.20 Å². The fraction of sp³-hybridized carbons (Fsp3) is 0.400.